The first-order valence-corrected chi connectivity index (χ1v) is 5.05. The lowest BCUT2D eigenvalue weighted by molar-refractivity contribution is 0.433. The first kappa shape index (κ1) is 8.21. The molecule has 0 saturated carbocycles. The highest BCUT2D eigenvalue weighted by Crippen LogP contribution is 1.88. The van der Waals surface area contributed by atoms with Gasteiger partial charge in [-0.25, -0.2) is 0 Å². The Labute approximate surface area is 57.0 Å². The zero-order valence-corrected chi connectivity index (χ0v) is 7.14. The molecule has 0 bridgehead atoms. The molecule has 0 radical (unpaired) electrons. The van der Waals surface area contributed by atoms with Crippen molar-refractivity contribution >= 4 is 20.6 Å². The Bertz CT molecular complexity index is 70.8. The molecule has 0 aromatic rings. The number of alkyl halides is 1. The smallest absolute Gasteiger partial charge is 0.214 e. The van der Waals surface area contributed by atoms with Gasteiger partial charge in [-0.3, -0.25) is 0 Å². The maximum atomic E-state index is 5.53. The van der Waals surface area contributed by atoms with Gasteiger partial charge in [-0.1, -0.05) is 11.8 Å². The van der Waals surface area contributed by atoms with Crippen LogP contribution in [0, 0.1) is 0 Å². The van der Waals surface area contributed by atoms with Crippen molar-refractivity contribution in [3.63, 3.8) is 0 Å². The van der Waals surface area contributed by atoms with Gasteiger partial charge in [-0.15, -0.1) is 11.6 Å². The van der Waals surface area contributed by atoms with Crippen molar-refractivity contribution in [2.24, 2.45) is 0 Å². The predicted molar refractivity (Wildman–Crippen MR) is 39.7 cm³/mol. The average Bonchev–Trinajstić information content (AvgIpc) is 1.83. The quantitative estimate of drug-likeness (QED) is 0.435. The largest absolute Gasteiger partial charge is 0.418 e. The van der Waals surface area contributed by atoms with Crippen LogP contribution in [-0.4, -0.2) is 21.7 Å². The molecule has 8 heavy (non-hydrogen) atoms. The fraction of sp³-hybridized carbons (Fsp3) is 0.600. The van der Waals surface area contributed by atoms with E-state index in [2.05, 4.69) is 5.70 Å². The molecule has 0 aromatic heterocycles. The predicted octanol–water partition coefficient (Wildman–Crippen LogP) is 1.25. The number of hydrogen-bond acceptors (Lipinski definition) is 1. The minimum atomic E-state index is -1.11. The molecule has 1 unspecified atom stereocenters. The Hall–Kier alpha value is 0.207. The summed E-state index contributed by atoms with van der Waals surface area (Å²) < 4.78 is 5.06. The minimum absolute atomic E-state index is 0.668. The average molecular weight is 151 g/mol. The number of halogens is 1. The van der Waals surface area contributed by atoms with Gasteiger partial charge in [0.2, 0.25) is 9.04 Å². The fourth-order valence-electron chi connectivity index (χ4n) is 0.408. The van der Waals surface area contributed by atoms with Crippen molar-refractivity contribution in [1.29, 1.82) is 0 Å². The lowest BCUT2D eigenvalue weighted by Crippen LogP contribution is -2.14. The summed E-state index contributed by atoms with van der Waals surface area (Å²) >= 11 is 5.53. The van der Waals surface area contributed by atoms with Gasteiger partial charge in [0, 0.05) is 12.6 Å². The molecule has 0 spiro atoms. The molecule has 0 aliphatic rings. The summed E-state index contributed by atoms with van der Waals surface area (Å²) in [5, 5.41) is 0. The second-order valence-corrected chi connectivity index (χ2v) is 4.62. The first-order valence-electron chi connectivity index (χ1n) is 2.56. The molecule has 0 fully saturated rings. The third kappa shape index (κ3) is 3.24. The van der Waals surface area contributed by atoms with Crippen LogP contribution in [0.2, 0.25) is 0 Å². The second-order valence-electron chi connectivity index (χ2n) is 1.45. The molecule has 1 atom stereocenters. The Morgan fingerprint density at radius 1 is 1.75 bits per heavy atom. The van der Waals surface area contributed by atoms with Gasteiger partial charge >= 0.3 is 0 Å². The van der Waals surface area contributed by atoms with Crippen molar-refractivity contribution in [3.8, 4) is 0 Å². The summed E-state index contributed by atoms with van der Waals surface area (Å²) in [6.07, 6.45) is 1.99. The summed E-state index contributed by atoms with van der Waals surface area (Å²) in [6, 6.07) is 0. The van der Waals surface area contributed by atoms with Gasteiger partial charge < -0.3 is 4.43 Å². The van der Waals surface area contributed by atoms with E-state index < -0.39 is 9.04 Å². The van der Waals surface area contributed by atoms with Gasteiger partial charge in [0.1, 0.15) is 0 Å². The molecule has 0 saturated heterocycles. The maximum Gasteiger partial charge on any atom is 0.214 e. The van der Waals surface area contributed by atoms with E-state index >= 15 is 0 Å². The Morgan fingerprint density at radius 2 is 2.38 bits per heavy atom. The first-order chi connectivity index (χ1) is 3.85. The monoisotopic (exact) mass is 150 g/mol. The zero-order valence-electron chi connectivity index (χ0n) is 5.23. The molecule has 0 N–H and O–H groups in total. The normalized spacial score (nSPS) is 14.9. The highest BCUT2D eigenvalue weighted by Gasteiger charge is 1.99. The van der Waals surface area contributed by atoms with Crippen molar-refractivity contribution in [3.05, 3.63) is 11.8 Å². The molecule has 0 heterocycles. The van der Waals surface area contributed by atoms with Gasteiger partial charge in [-0.2, -0.15) is 0 Å². The molecule has 3 heteroatoms. The molecule has 0 amide bonds. The molecule has 0 aliphatic carbocycles. The molecule has 0 rings (SSSR count). The molecule has 0 aliphatic heterocycles. The van der Waals surface area contributed by atoms with Crippen LogP contribution in [0.5, 0.6) is 0 Å². The van der Waals surface area contributed by atoms with Gasteiger partial charge in [0.15, 0.2) is 0 Å². The van der Waals surface area contributed by atoms with Gasteiger partial charge in [0.25, 0.3) is 0 Å². The van der Waals surface area contributed by atoms with E-state index in [0.717, 1.165) is 0 Å². The van der Waals surface area contributed by atoms with Crippen LogP contribution < -0.4 is 0 Å². The molecule has 0 aromatic carbocycles. The zero-order chi connectivity index (χ0) is 6.41. The summed E-state index contributed by atoms with van der Waals surface area (Å²) in [5.74, 6) is 0. The standard InChI is InChI=1S/C5H11ClOSi/c1-3-4-8(5-6)7-2/h3-4,8H,5H2,1-2H3. The lowest BCUT2D eigenvalue weighted by atomic mass is 10.8. The van der Waals surface area contributed by atoms with Gasteiger partial charge in [-0.05, 0) is 6.92 Å². The number of allylic oxidation sites excluding steroid dienone is 1. The van der Waals surface area contributed by atoms with Crippen LogP contribution in [0.15, 0.2) is 11.8 Å². The fourth-order valence-corrected chi connectivity index (χ4v) is 1.91. The summed E-state index contributed by atoms with van der Waals surface area (Å²) in [6.45, 7) is 1.98. The Kier molecular flexibility index (Phi) is 5.48. The van der Waals surface area contributed by atoms with E-state index in [1.807, 2.05) is 13.0 Å². The Balaban J connectivity index is 3.36. The highest BCUT2D eigenvalue weighted by molar-refractivity contribution is 6.66. The van der Waals surface area contributed by atoms with Crippen molar-refractivity contribution < 1.29 is 4.43 Å². The van der Waals surface area contributed by atoms with E-state index in [1.165, 1.54) is 0 Å². The Morgan fingerprint density at radius 3 is 2.50 bits per heavy atom. The van der Waals surface area contributed by atoms with Crippen LogP contribution in [-0.2, 0) is 4.43 Å². The van der Waals surface area contributed by atoms with E-state index in [-0.39, 0.29) is 0 Å². The number of hydrogen-bond donors (Lipinski definition) is 0. The highest BCUT2D eigenvalue weighted by atomic mass is 35.5. The second kappa shape index (κ2) is 5.35. The maximum absolute atomic E-state index is 5.53. The van der Waals surface area contributed by atoms with Crippen LogP contribution in [0.1, 0.15) is 6.92 Å². The minimum Gasteiger partial charge on any atom is -0.418 e. The van der Waals surface area contributed by atoms with E-state index in [1.54, 1.807) is 7.11 Å². The van der Waals surface area contributed by atoms with E-state index in [4.69, 9.17) is 16.0 Å². The third-order valence-electron chi connectivity index (χ3n) is 0.862. The lowest BCUT2D eigenvalue weighted by Gasteiger charge is -2.00. The number of rotatable bonds is 3. The van der Waals surface area contributed by atoms with E-state index in [9.17, 15) is 0 Å². The summed E-state index contributed by atoms with van der Waals surface area (Å²) in [7, 11) is 0.600. The van der Waals surface area contributed by atoms with Crippen LogP contribution in [0.25, 0.3) is 0 Å². The van der Waals surface area contributed by atoms with Crippen LogP contribution >= 0.6 is 11.6 Å². The van der Waals surface area contributed by atoms with Crippen LogP contribution in [0.4, 0.5) is 0 Å². The molecule has 48 valence electrons. The van der Waals surface area contributed by atoms with E-state index in [0.29, 0.717) is 5.50 Å². The SMILES string of the molecule is CC=C[SiH](CCl)OC. The summed E-state index contributed by atoms with van der Waals surface area (Å²) in [5.41, 5.74) is 2.73. The molecular formula is C5H11ClOSi. The molecule has 1 nitrogen and oxygen atoms in total. The van der Waals surface area contributed by atoms with Gasteiger partial charge in [0.05, 0.1) is 0 Å². The van der Waals surface area contributed by atoms with Crippen molar-refractivity contribution in [1.82, 2.24) is 0 Å². The molecular weight excluding hydrogens is 140 g/mol. The van der Waals surface area contributed by atoms with Crippen molar-refractivity contribution in [2.75, 3.05) is 12.6 Å². The summed E-state index contributed by atoms with van der Waals surface area (Å²) in [4.78, 5) is 0. The van der Waals surface area contributed by atoms with Crippen LogP contribution in [0.3, 0.4) is 0 Å². The van der Waals surface area contributed by atoms with Crippen molar-refractivity contribution in [2.45, 2.75) is 6.92 Å². The topological polar surface area (TPSA) is 9.23 Å². The third-order valence-corrected chi connectivity index (χ3v) is 3.50.